The second-order valence-electron chi connectivity index (χ2n) is 5.64. The van der Waals surface area contributed by atoms with Crippen LogP contribution in [0.2, 0.25) is 0 Å². The van der Waals surface area contributed by atoms with Crippen molar-refractivity contribution in [3.05, 3.63) is 47.5 Å². The normalized spacial score (nSPS) is 14.1. The van der Waals surface area contributed by atoms with Crippen LogP contribution in [0.15, 0.2) is 36.4 Å². The van der Waals surface area contributed by atoms with E-state index in [0.717, 1.165) is 12.1 Å². The Morgan fingerprint density at radius 1 is 1.08 bits per heavy atom. The van der Waals surface area contributed by atoms with E-state index in [-0.39, 0.29) is 17.0 Å². The van der Waals surface area contributed by atoms with Crippen LogP contribution in [0.3, 0.4) is 0 Å². The van der Waals surface area contributed by atoms with Gasteiger partial charge in [0.15, 0.2) is 0 Å². The summed E-state index contributed by atoms with van der Waals surface area (Å²) >= 11 is 0. The lowest BCUT2D eigenvalue weighted by Gasteiger charge is -2.26. The van der Waals surface area contributed by atoms with Crippen LogP contribution < -0.4 is 5.09 Å². The third-order valence-electron chi connectivity index (χ3n) is 3.82. The number of phenols is 3. The zero-order chi connectivity index (χ0) is 18.8. The summed E-state index contributed by atoms with van der Waals surface area (Å²) in [6.07, 6.45) is -0.929. The topological polar surface area (TPSA) is 150 Å². The third-order valence-corrected chi connectivity index (χ3v) is 4.36. The second-order valence-corrected chi connectivity index (χ2v) is 6.95. The van der Waals surface area contributed by atoms with Gasteiger partial charge in [-0.25, -0.2) is 4.57 Å². The van der Waals surface area contributed by atoms with Crippen LogP contribution in [0.4, 0.5) is 5.69 Å². The van der Waals surface area contributed by atoms with Gasteiger partial charge < -0.3 is 30.2 Å². The molecule has 0 aliphatic heterocycles. The van der Waals surface area contributed by atoms with Crippen LogP contribution in [-0.2, 0) is 4.57 Å². The Morgan fingerprint density at radius 2 is 1.76 bits per heavy atom. The van der Waals surface area contributed by atoms with Gasteiger partial charge in [0.05, 0.1) is 11.8 Å². The number of phenolic OH excluding ortho intramolecular Hbond substituents is 3. The first-order valence-corrected chi connectivity index (χ1v) is 9.10. The highest BCUT2D eigenvalue weighted by Gasteiger charge is 2.29. The minimum atomic E-state index is -4.74. The molecule has 0 saturated carbocycles. The highest BCUT2D eigenvalue weighted by Crippen LogP contribution is 2.47. The van der Waals surface area contributed by atoms with Gasteiger partial charge in [0.2, 0.25) is 0 Å². The Bertz CT molecular complexity index is 805. The predicted octanol–water partition coefficient (Wildman–Crippen LogP) is 2.54. The first-order chi connectivity index (χ1) is 11.6. The zero-order valence-electron chi connectivity index (χ0n) is 13.4. The highest BCUT2D eigenvalue weighted by molar-refractivity contribution is 7.53. The minimum Gasteiger partial charge on any atom is -0.508 e. The van der Waals surface area contributed by atoms with E-state index in [4.69, 9.17) is 9.79 Å². The molecule has 0 amide bonds. The number of benzene rings is 2. The fraction of sp³-hybridized carbons (Fsp3) is 0.250. The van der Waals surface area contributed by atoms with Crippen molar-refractivity contribution >= 4 is 13.4 Å². The van der Waals surface area contributed by atoms with Crippen LogP contribution in [0.1, 0.15) is 36.5 Å². The molecule has 2 aromatic rings. The Balaban J connectivity index is 2.53. The molecule has 0 aliphatic carbocycles. The van der Waals surface area contributed by atoms with E-state index in [0.29, 0.717) is 12.0 Å². The average Bonchev–Trinajstić information content (AvgIpc) is 2.45. The molecule has 0 bridgehead atoms. The van der Waals surface area contributed by atoms with E-state index in [1.54, 1.807) is 19.1 Å². The quantitative estimate of drug-likeness (QED) is 0.384. The van der Waals surface area contributed by atoms with E-state index >= 15 is 0 Å². The summed E-state index contributed by atoms with van der Waals surface area (Å²) < 4.78 is 11.3. The van der Waals surface area contributed by atoms with Crippen molar-refractivity contribution < 1.29 is 34.8 Å². The Kier molecular flexibility index (Phi) is 5.59. The Labute approximate surface area is 144 Å². The molecule has 0 spiro atoms. The molecule has 2 unspecified atom stereocenters. The molecule has 2 rings (SSSR count). The van der Waals surface area contributed by atoms with Crippen LogP contribution in [-0.4, -0.2) is 30.2 Å². The lowest BCUT2D eigenvalue weighted by atomic mass is 9.86. The van der Waals surface area contributed by atoms with Crippen LogP contribution in [0.25, 0.3) is 0 Å². The molecule has 2 aromatic carbocycles. The van der Waals surface area contributed by atoms with Gasteiger partial charge in [0.1, 0.15) is 17.2 Å². The molecule has 0 aromatic heterocycles. The molecule has 0 radical (unpaired) electrons. The monoisotopic (exact) mass is 369 g/mol. The number of hydrogen-bond acceptors (Lipinski definition) is 5. The highest BCUT2D eigenvalue weighted by atomic mass is 31.2. The predicted molar refractivity (Wildman–Crippen MR) is 91.5 cm³/mol. The van der Waals surface area contributed by atoms with Gasteiger partial charge in [-0.15, -0.1) is 0 Å². The lowest BCUT2D eigenvalue weighted by molar-refractivity contribution is 0.140. The molecule has 0 aliphatic rings. The van der Waals surface area contributed by atoms with Crippen molar-refractivity contribution in [3.8, 4) is 17.2 Å². The summed E-state index contributed by atoms with van der Waals surface area (Å²) in [5, 5.41) is 42.0. The maximum atomic E-state index is 11.3. The molecule has 9 heteroatoms. The number of aliphatic hydroxyl groups is 1. The first kappa shape index (κ1) is 19.1. The average molecular weight is 369 g/mol. The van der Waals surface area contributed by atoms with Crippen molar-refractivity contribution in [2.45, 2.75) is 25.4 Å². The molecular formula is C16H20NO7P. The van der Waals surface area contributed by atoms with Gasteiger partial charge in [0, 0.05) is 23.6 Å². The molecule has 8 nitrogen and oxygen atoms in total. The van der Waals surface area contributed by atoms with E-state index < -0.39 is 31.3 Å². The summed E-state index contributed by atoms with van der Waals surface area (Å²) in [6, 6.07) is 8.20. The third kappa shape index (κ3) is 4.64. The Hall–Kier alpha value is -2.25. The van der Waals surface area contributed by atoms with Crippen molar-refractivity contribution in [2.75, 3.05) is 5.09 Å². The van der Waals surface area contributed by atoms with Gasteiger partial charge in [-0.05, 0) is 24.1 Å². The zero-order valence-corrected chi connectivity index (χ0v) is 14.3. The van der Waals surface area contributed by atoms with E-state index in [1.165, 1.54) is 12.1 Å². The lowest BCUT2D eigenvalue weighted by Crippen LogP contribution is -2.13. The number of anilines is 1. The van der Waals surface area contributed by atoms with Gasteiger partial charge in [0.25, 0.3) is 0 Å². The summed E-state index contributed by atoms with van der Waals surface area (Å²) in [5.74, 6) is -1.50. The molecular weight excluding hydrogens is 349 g/mol. The van der Waals surface area contributed by atoms with Crippen molar-refractivity contribution in [3.63, 3.8) is 0 Å². The van der Waals surface area contributed by atoms with Crippen molar-refractivity contribution in [1.29, 1.82) is 0 Å². The van der Waals surface area contributed by atoms with Crippen LogP contribution in [0, 0.1) is 0 Å². The number of nitrogens with one attached hydrogen (secondary N) is 1. The molecule has 7 N–H and O–H groups in total. The van der Waals surface area contributed by atoms with Crippen LogP contribution in [0.5, 0.6) is 17.2 Å². The molecule has 0 fully saturated rings. The number of aromatic hydroxyl groups is 3. The number of hydrogen-bond donors (Lipinski definition) is 7. The smallest absolute Gasteiger partial charge is 0.427 e. The molecule has 2 atom stereocenters. The summed E-state index contributed by atoms with van der Waals surface area (Å²) in [6.45, 7) is 1.78. The van der Waals surface area contributed by atoms with E-state index in [9.17, 15) is 25.0 Å². The van der Waals surface area contributed by atoms with Crippen LogP contribution >= 0.6 is 7.75 Å². The second kappa shape index (κ2) is 7.33. The summed E-state index contributed by atoms with van der Waals surface area (Å²) in [4.78, 5) is 18.3. The van der Waals surface area contributed by atoms with Crippen molar-refractivity contribution in [2.24, 2.45) is 0 Å². The number of rotatable bonds is 6. The minimum absolute atomic E-state index is 0.00615. The van der Waals surface area contributed by atoms with Gasteiger partial charge >= 0.3 is 7.75 Å². The maximum absolute atomic E-state index is 11.3. The summed E-state index contributed by atoms with van der Waals surface area (Å²) in [5.41, 5.74) is 0.151. The Morgan fingerprint density at radius 3 is 2.32 bits per heavy atom. The molecule has 136 valence electrons. The van der Waals surface area contributed by atoms with Crippen molar-refractivity contribution in [1.82, 2.24) is 0 Å². The fourth-order valence-electron chi connectivity index (χ4n) is 2.78. The SMILES string of the molecule is CCC(c1cccc(O)c1)C(O)c1c(O)cc(O)cc1NP(=O)(O)O. The maximum Gasteiger partial charge on any atom is 0.427 e. The van der Waals surface area contributed by atoms with Gasteiger partial charge in [-0.1, -0.05) is 19.1 Å². The van der Waals surface area contributed by atoms with Gasteiger partial charge in [-0.2, -0.15) is 0 Å². The molecule has 0 saturated heterocycles. The standard InChI is InChI=1S/C16H20NO7P/c1-2-12(9-4-3-5-10(18)6-9)16(21)15-13(17-25(22,23)24)7-11(19)8-14(15)20/h3-8,12,16,18-21H,2H2,1H3,(H3,17,22,23,24). The molecule has 25 heavy (non-hydrogen) atoms. The first-order valence-electron chi connectivity index (χ1n) is 7.49. The summed E-state index contributed by atoms with van der Waals surface area (Å²) in [7, 11) is -4.74. The van der Waals surface area contributed by atoms with E-state index in [1.807, 2.05) is 5.09 Å². The largest absolute Gasteiger partial charge is 0.508 e. The molecule has 0 heterocycles. The fourth-order valence-corrected chi connectivity index (χ4v) is 3.28. The number of aliphatic hydroxyl groups excluding tert-OH is 1. The van der Waals surface area contributed by atoms with Gasteiger partial charge in [-0.3, -0.25) is 5.09 Å². The van der Waals surface area contributed by atoms with E-state index in [2.05, 4.69) is 0 Å².